The molecule has 4 rings (SSSR count). The number of nitrogens with zero attached hydrogens (tertiary/aromatic N) is 1. The van der Waals surface area contributed by atoms with E-state index in [-0.39, 0.29) is 40.9 Å². The van der Waals surface area contributed by atoms with Crippen molar-refractivity contribution in [2.45, 2.75) is 39.5 Å². The molecule has 0 radical (unpaired) electrons. The topological polar surface area (TPSA) is 87.4 Å². The molecule has 0 N–H and O–H groups in total. The second-order valence-electron chi connectivity index (χ2n) is 8.40. The standard InChI is InChI=1S/C25H31FNO7P/c1-3-5-11-31-35(29,32-12-6-4-2)34-23-17-19(27-9-13-30-14-10-27)16-22-24(23)25(28)20-8-7-18(26)15-21(20)33-22/h7-8,15-17H,3-6,9-14H2,1-2H3. The molecule has 0 amide bonds. The lowest BCUT2D eigenvalue weighted by atomic mass is 10.1. The Balaban J connectivity index is 1.84. The van der Waals surface area contributed by atoms with Crippen LogP contribution >= 0.6 is 7.82 Å². The molecular weight excluding hydrogens is 476 g/mol. The number of hydrogen-bond acceptors (Lipinski definition) is 8. The minimum atomic E-state index is -4.04. The van der Waals surface area contributed by atoms with Crippen LogP contribution in [0.2, 0.25) is 0 Å². The molecule has 0 unspecified atom stereocenters. The molecule has 8 nitrogen and oxygen atoms in total. The maximum atomic E-state index is 13.9. The molecule has 2 aromatic carbocycles. The first-order valence-corrected chi connectivity index (χ1v) is 13.5. The number of benzene rings is 2. The molecule has 190 valence electrons. The van der Waals surface area contributed by atoms with Gasteiger partial charge in [-0.15, -0.1) is 0 Å². The van der Waals surface area contributed by atoms with Crippen molar-refractivity contribution in [3.8, 4) is 5.75 Å². The maximum Gasteiger partial charge on any atom is 0.530 e. The zero-order valence-corrected chi connectivity index (χ0v) is 21.0. The zero-order valence-electron chi connectivity index (χ0n) is 20.1. The number of fused-ring (bicyclic) bond motifs is 2. The van der Waals surface area contributed by atoms with Gasteiger partial charge in [-0.3, -0.25) is 13.8 Å². The SMILES string of the molecule is CCCCOP(=O)(OCCCC)Oc1cc(N2CCOCC2)cc2oc3cc(F)ccc3c(=O)c12. The predicted molar refractivity (Wildman–Crippen MR) is 133 cm³/mol. The van der Waals surface area contributed by atoms with E-state index in [9.17, 15) is 13.8 Å². The van der Waals surface area contributed by atoms with E-state index in [0.717, 1.165) is 12.8 Å². The van der Waals surface area contributed by atoms with Gasteiger partial charge < -0.3 is 18.6 Å². The zero-order chi connectivity index (χ0) is 24.8. The molecule has 1 aliphatic rings. The summed E-state index contributed by atoms with van der Waals surface area (Å²) in [5.41, 5.74) is 0.594. The summed E-state index contributed by atoms with van der Waals surface area (Å²) in [6.07, 6.45) is 3.04. The van der Waals surface area contributed by atoms with Crippen molar-refractivity contribution < 1.29 is 31.7 Å². The molecule has 1 saturated heterocycles. The highest BCUT2D eigenvalue weighted by Gasteiger charge is 2.31. The third-order valence-electron chi connectivity index (χ3n) is 5.77. The predicted octanol–water partition coefficient (Wildman–Crippen LogP) is 6.04. The van der Waals surface area contributed by atoms with Gasteiger partial charge >= 0.3 is 7.82 Å². The van der Waals surface area contributed by atoms with Crippen molar-refractivity contribution in [1.29, 1.82) is 0 Å². The van der Waals surface area contributed by atoms with Crippen LogP contribution in [-0.4, -0.2) is 39.5 Å². The van der Waals surface area contributed by atoms with E-state index in [1.54, 1.807) is 12.1 Å². The average molecular weight is 507 g/mol. The maximum absolute atomic E-state index is 13.9. The number of rotatable bonds is 11. The fourth-order valence-corrected chi connectivity index (χ4v) is 5.10. The van der Waals surface area contributed by atoms with Crippen molar-refractivity contribution in [3.63, 3.8) is 0 Å². The van der Waals surface area contributed by atoms with Gasteiger partial charge in [0.25, 0.3) is 0 Å². The number of ether oxygens (including phenoxy) is 1. The number of hydrogen-bond donors (Lipinski definition) is 0. The van der Waals surface area contributed by atoms with Crippen LogP contribution in [0.3, 0.4) is 0 Å². The minimum Gasteiger partial charge on any atom is -0.455 e. The molecule has 3 aromatic rings. The van der Waals surface area contributed by atoms with Gasteiger partial charge in [-0.2, -0.15) is 0 Å². The largest absolute Gasteiger partial charge is 0.530 e. The summed E-state index contributed by atoms with van der Waals surface area (Å²) in [5.74, 6) is -0.473. The molecule has 1 aromatic heterocycles. The molecule has 1 aliphatic heterocycles. The highest BCUT2D eigenvalue weighted by molar-refractivity contribution is 7.48. The van der Waals surface area contributed by atoms with Crippen LogP contribution < -0.4 is 14.9 Å². The second-order valence-corrected chi connectivity index (χ2v) is 9.99. The number of phosphoric ester groups is 1. The van der Waals surface area contributed by atoms with Gasteiger partial charge in [0.05, 0.1) is 31.8 Å². The van der Waals surface area contributed by atoms with Gasteiger partial charge in [-0.25, -0.2) is 8.96 Å². The Morgan fingerprint density at radius 1 is 1.00 bits per heavy atom. The molecule has 10 heteroatoms. The fraction of sp³-hybridized carbons (Fsp3) is 0.480. The van der Waals surface area contributed by atoms with Gasteiger partial charge in [0.15, 0.2) is 0 Å². The number of unbranched alkanes of at least 4 members (excludes halogenated alkanes) is 2. The molecule has 0 bridgehead atoms. The van der Waals surface area contributed by atoms with Crippen LogP contribution in [0.4, 0.5) is 10.1 Å². The molecule has 0 spiro atoms. The molecule has 2 heterocycles. The Kier molecular flexibility index (Phi) is 8.44. The fourth-order valence-electron chi connectivity index (χ4n) is 3.83. The highest BCUT2D eigenvalue weighted by atomic mass is 31.2. The van der Waals surface area contributed by atoms with Gasteiger partial charge in [0.1, 0.15) is 28.1 Å². The number of morpholine rings is 1. The van der Waals surface area contributed by atoms with E-state index in [0.29, 0.717) is 44.8 Å². The molecule has 1 fully saturated rings. The Morgan fingerprint density at radius 2 is 1.69 bits per heavy atom. The van der Waals surface area contributed by atoms with Crippen molar-refractivity contribution in [2.75, 3.05) is 44.4 Å². The molecule has 0 saturated carbocycles. The summed E-state index contributed by atoms with van der Waals surface area (Å²) in [4.78, 5) is 15.5. The molecule has 0 aliphatic carbocycles. The summed E-state index contributed by atoms with van der Waals surface area (Å²) in [6, 6.07) is 7.09. The quantitative estimate of drug-likeness (QED) is 0.176. The monoisotopic (exact) mass is 507 g/mol. The van der Waals surface area contributed by atoms with Crippen molar-refractivity contribution in [3.05, 3.63) is 46.4 Å². The van der Waals surface area contributed by atoms with E-state index in [1.807, 2.05) is 18.7 Å². The minimum absolute atomic E-state index is 0.0419. The van der Waals surface area contributed by atoms with Crippen LogP contribution in [0, 0.1) is 5.82 Å². The third-order valence-corrected chi connectivity index (χ3v) is 7.18. The van der Waals surface area contributed by atoms with Crippen LogP contribution in [0.5, 0.6) is 5.75 Å². The van der Waals surface area contributed by atoms with Gasteiger partial charge in [0.2, 0.25) is 5.43 Å². The van der Waals surface area contributed by atoms with Crippen LogP contribution in [0.1, 0.15) is 39.5 Å². The number of halogens is 1. The second kappa shape index (κ2) is 11.5. The summed E-state index contributed by atoms with van der Waals surface area (Å²) >= 11 is 0. The van der Waals surface area contributed by atoms with Crippen molar-refractivity contribution in [2.24, 2.45) is 0 Å². The first-order chi connectivity index (χ1) is 16.9. The smallest absolute Gasteiger partial charge is 0.455 e. The summed E-state index contributed by atoms with van der Waals surface area (Å²) in [6.45, 7) is 6.69. The number of phosphoric acid groups is 1. The lowest BCUT2D eigenvalue weighted by Gasteiger charge is -2.29. The van der Waals surface area contributed by atoms with E-state index >= 15 is 0 Å². The molecule has 35 heavy (non-hydrogen) atoms. The lowest BCUT2D eigenvalue weighted by Crippen LogP contribution is -2.36. The van der Waals surface area contributed by atoms with E-state index < -0.39 is 19.1 Å². The van der Waals surface area contributed by atoms with E-state index in [4.69, 9.17) is 22.7 Å². The van der Waals surface area contributed by atoms with Crippen molar-refractivity contribution in [1.82, 2.24) is 0 Å². The van der Waals surface area contributed by atoms with Gasteiger partial charge in [-0.05, 0) is 25.0 Å². The Hall–Kier alpha value is -2.45. The normalized spacial score (nSPS) is 14.7. The first kappa shape index (κ1) is 25.6. The van der Waals surface area contributed by atoms with Crippen LogP contribution in [0.15, 0.2) is 39.5 Å². The van der Waals surface area contributed by atoms with Gasteiger partial charge in [0, 0.05) is 37.0 Å². The Bertz CT molecular complexity index is 1260. The Labute approximate surface area is 203 Å². The lowest BCUT2D eigenvalue weighted by molar-refractivity contribution is 0.122. The molecule has 0 atom stereocenters. The van der Waals surface area contributed by atoms with Crippen molar-refractivity contribution >= 4 is 35.4 Å². The number of anilines is 1. The average Bonchev–Trinajstić information content (AvgIpc) is 2.84. The summed E-state index contributed by atoms with van der Waals surface area (Å²) in [5, 5.41) is 0.288. The van der Waals surface area contributed by atoms with Crippen LogP contribution in [-0.2, 0) is 18.3 Å². The third kappa shape index (κ3) is 6.04. The first-order valence-electron chi connectivity index (χ1n) is 12.1. The summed E-state index contributed by atoms with van der Waals surface area (Å²) < 4.78 is 55.9. The van der Waals surface area contributed by atoms with E-state index in [2.05, 4.69) is 0 Å². The summed E-state index contributed by atoms with van der Waals surface area (Å²) in [7, 11) is -4.04. The Morgan fingerprint density at radius 3 is 2.34 bits per heavy atom. The molecular formula is C25H31FNO7P. The van der Waals surface area contributed by atoms with E-state index in [1.165, 1.54) is 18.2 Å². The highest BCUT2D eigenvalue weighted by Crippen LogP contribution is 2.51. The van der Waals surface area contributed by atoms with Gasteiger partial charge in [-0.1, -0.05) is 26.7 Å². The van der Waals surface area contributed by atoms with Crippen LogP contribution in [0.25, 0.3) is 21.9 Å².